The van der Waals surface area contributed by atoms with E-state index >= 15 is 0 Å². The lowest BCUT2D eigenvalue weighted by molar-refractivity contribution is -0.123. The molecule has 1 amide bonds. The number of methoxy groups -OCH3 is 1. The van der Waals surface area contributed by atoms with Gasteiger partial charge in [-0.15, -0.1) is 0 Å². The largest absolute Gasteiger partial charge is 0.493 e. The number of hydrogen-bond acceptors (Lipinski definition) is 7. The summed E-state index contributed by atoms with van der Waals surface area (Å²) in [5, 5.41) is 9.37. The molecular weight excluding hydrogens is 426 g/mol. The summed E-state index contributed by atoms with van der Waals surface area (Å²) < 4.78 is 16.5. The molecular formula is C24H23N3O4S. The van der Waals surface area contributed by atoms with E-state index in [1.165, 1.54) is 18.9 Å². The average Bonchev–Trinajstić information content (AvgIpc) is 3.43. The molecule has 2 saturated heterocycles. The van der Waals surface area contributed by atoms with Crippen LogP contribution in [-0.2, 0) is 9.53 Å². The van der Waals surface area contributed by atoms with Gasteiger partial charge in [0.15, 0.2) is 23.3 Å². The monoisotopic (exact) mass is 449 g/mol. The van der Waals surface area contributed by atoms with E-state index in [-0.39, 0.29) is 18.6 Å². The summed E-state index contributed by atoms with van der Waals surface area (Å²) in [6, 6.07) is 16.9. The fourth-order valence-electron chi connectivity index (χ4n) is 3.51. The van der Waals surface area contributed by atoms with Crippen molar-refractivity contribution in [3.8, 4) is 17.6 Å². The van der Waals surface area contributed by atoms with Gasteiger partial charge in [-0.1, -0.05) is 24.3 Å². The molecule has 0 aromatic heterocycles. The second kappa shape index (κ2) is 10.4. The van der Waals surface area contributed by atoms with Crippen molar-refractivity contribution in [1.29, 1.82) is 5.26 Å². The maximum atomic E-state index is 13.3. The molecule has 1 atom stereocenters. The zero-order valence-corrected chi connectivity index (χ0v) is 18.5. The molecule has 4 rings (SSSR count). The van der Waals surface area contributed by atoms with Gasteiger partial charge in [0, 0.05) is 6.61 Å². The van der Waals surface area contributed by atoms with Crippen LogP contribution in [-0.4, -0.2) is 48.9 Å². The van der Waals surface area contributed by atoms with Crippen molar-refractivity contribution in [3.05, 3.63) is 59.0 Å². The summed E-state index contributed by atoms with van der Waals surface area (Å²) in [5.74, 6) is 0.885. The molecule has 2 aliphatic rings. The van der Waals surface area contributed by atoms with Crippen LogP contribution in [0.1, 0.15) is 18.4 Å². The Morgan fingerprint density at radius 2 is 2.12 bits per heavy atom. The highest BCUT2D eigenvalue weighted by molar-refractivity contribution is 8.18. The number of rotatable bonds is 7. The summed E-state index contributed by atoms with van der Waals surface area (Å²) in [4.78, 5) is 20.3. The standard InChI is InChI=1S/C24H23N3O4S/c1-29-21-14-17(9-10-20(21)31-13-11-25)15-22-23(28)27(16-19-8-5-12-30-19)24(32-22)26-18-6-3-2-4-7-18/h2-4,6-7,9-10,14-15,19H,5,8,12-13,16H2,1H3/b22-15-,26-24?/t19-/m0/s1. The molecule has 2 aromatic rings. The molecule has 0 spiro atoms. The van der Waals surface area contributed by atoms with E-state index in [9.17, 15) is 4.79 Å². The van der Waals surface area contributed by atoms with Crippen LogP contribution in [0.25, 0.3) is 6.08 Å². The smallest absolute Gasteiger partial charge is 0.266 e. The van der Waals surface area contributed by atoms with Gasteiger partial charge in [0.1, 0.15) is 6.07 Å². The highest BCUT2D eigenvalue weighted by atomic mass is 32.2. The highest BCUT2D eigenvalue weighted by Gasteiger charge is 2.35. The molecule has 0 saturated carbocycles. The number of ether oxygens (including phenoxy) is 3. The van der Waals surface area contributed by atoms with E-state index in [4.69, 9.17) is 24.5 Å². The van der Waals surface area contributed by atoms with Crippen LogP contribution in [0, 0.1) is 11.3 Å². The molecule has 32 heavy (non-hydrogen) atoms. The van der Waals surface area contributed by atoms with Crippen molar-refractivity contribution >= 4 is 34.6 Å². The summed E-state index contributed by atoms with van der Waals surface area (Å²) in [6.45, 7) is 1.15. The van der Waals surface area contributed by atoms with Crippen LogP contribution in [0.3, 0.4) is 0 Å². The quantitative estimate of drug-likeness (QED) is 0.583. The van der Waals surface area contributed by atoms with Crippen molar-refractivity contribution in [2.75, 3.05) is 26.9 Å². The molecule has 0 radical (unpaired) electrons. The number of para-hydroxylation sites is 1. The minimum absolute atomic E-state index is 0.0246. The summed E-state index contributed by atoms with van der Waals surface area (Å²) >= 11 is 1.35. The van der Waals surface area contributed by atoms with Crippen molar-refractivity contribution in [1.82, 2.24) is 4.90 Å². The predicted molar refractivity (Wildman–Crippen MR) is 124 cm³/mol. The fraction of sp³-hybridized carbons (Fsp3) is 0.292. The van der Waals surface area contributed by atoms with E-state index in [2.05, 4.69) is 0 Å². The van der Waals surface area contributed by atoms with Crippen LogP contribution >= 0.6 is 11.8 Å². The molecule has 0 bridgehead atoms. The third-order valence-electron chi connectivity index (χ3n) is 5.06. The Labute approximate surface area is 191 Å². The van der Waals surface area contributed by atoms with E-state index < -0.39 is 0 Å². The number of hydrogen-bond donors (Lipinski definition) is 0. The van der Waals surface area contributed by atoms with Gasteiger partial charge in [0.2, 0.25) is 0 Å². The summed E-state index contributed by atoms with van der Waals surface area (Å²) in [7, 11) is 1.54. The molecule has 164 valence electrons. The molecule has 0 unspecified atom stereocenters. The summed E-state index contributed by atoms with van der Waals surface area (Å²) in [6.07, 6.45) is 3.79. The molecule has 2 heterocycles. The Bertz CT molecular complexity index is 1070. The van der Waals surface area contributed by atoms with Crippen molar-refractivity contribution < 1.29 is 19.0 Å². The zero-order valence-electron chi connectivity index (χ0n) is 17.7. The number of benzene rings is 2. The third-order valence-corrected chi connectivity index (χ3v) is 6.06. The average molecular weight is 450 g/mol. The minimum Gasteiger partial charge on any atom is -0.493 e. The van der Waals surface area contributed by atoms with E-state index in [1.807, 2.05) is 48.5 Å². The maximum absolute atomic E-state index is 13.3. The number of aliphatic imine (C=N–C) groups is 1. The first kappa shape index (κ1) is 21.9. The predicted octanol–water partition coefficient (Wildman–Crippen LogP) is 4.38. The first-order chi connectivity index (χ1) is 15.7. The summed E-state index contributed by atoms with van der Waals surface area (Å²) in [5.41, 5.74) is 1.59. The van der Waals surface area contributed by atoms with Crippen LogP contribution in [0.15, 0.2) is 58.4 Å². The normalized spacial score (nSPS) is 20.7. The Balaban J connectivity index is 1.62. The lowest BCUT2D eigenvalue weighted by atomic mass is 10.1. The van der Waals surface area contributed by atoms with Crippen molar-refractivity contribution in [2.24, 2.45) is 4.99 Å². The van der Waals surface area contributed by atoms with Gasteiger partial charge in [-0.25, -0.2) is 4.99 Å². The molecule has 2 fully saturated rings. The van der Waals surface area contributed by atoms with Crippen LogP contribution in [0.4, 0.5) is 5.69 Å². The molecule has 2 aromatic carbocycles. The number of amidine groups is 1. The number of carbonyl (C=O) groups excluding carboxylic acids is 1. The van der Waals surface area contributed by atoms with Gasteiger partial charge in [-0.05, 0) is 60.5 Å². The molecule has 8 heteroatoms. The number of nitrogens with zero attached hydrogens (tertiary/aromatic N) is 3. The third kappa shape index (κ3) is 5.13. The Morgan fingerprint density at radius 1 is 1.28 bits per heavy atom. The number of carbonyl (C=O) groups is 1. The van der Waals surface area contributed by atoms with Gasteiger partial charge in [0.25, 0.3) is 5.91 Å². The Morgan fingerprint density at radius 3 is 2.84 bits per heavy atom. The first-order valence-corrected chi connectivity index (χ1v) is 11.1. The van der Waals surface area contributed by atoms with Crippen LogP contribution in [0.2, 0.25) is 0 Å². The fourth-order valence-corrected chi connectivity index (χ4v) is 4.52. The molecule has 0 aliphatic carbocycles. The molecule has 2 aliphatic heterocycles. The van der Waals surface area contributed by atoms with Gasteiger partial charge in [0.05, 0.1) is 30.4 Å². The van der Waals surface area contributed by atoms with Gasteiger partial charge >= 0.3 is 0 Å². The van der Waals surface area contributed by atoms with Gasteiger partial charge in [-0.3, -0.25) is 9.69 Å². The second-order valence-corrected chi connectivity index (χ2v) is 8.26. The van der Waals surface area contributed by atoms with Gasteiger partial charge in [-0.2, -0.15) is 5.26 Å². The van der Waals surface area contributed by atoms with Crippen molar-refractivity contribution in [3.63, 3.8) is 0 Å². The number of nitriles is 1. The Kier molecular flexibility index (Phi) is 7.10. The maximum Gasteiger partial charge on any atom is 0.266 e. The molecule has 7 nitrogen and oxygen atoms in total. The highest BCUT2D eigenvalue weighted by Crippen LogP contribution is 2.36. The number of amides is 1. The first-order valence-electron chi connectivity index (χ1n) is 10.3. The van der Waals surface area contributed by atoms with Crippen LogP contribution < -0.4 is 9.47 Å². The topological polar surface area (TPSA) is 84.2 Å². The zero-order chi connectivity index (χ0) is 22.3. The molecule has 0 N–H and O–H groups in total. The Hall–Kier alpha value is -3.28. The number of thioether (sulfide) groups is 1. The lowest BCUT2D eigenvalue weighted by Crippen LogP contribution is -2.36. The van der Waals surface area contributed by atoms with Crippen LogP contribution in [0.5, 0.6) is 11.5 Å². The van der Waals surface area contributed by atoms with E-state index in [0.29, 0.717) is 28.1 Å². The van der Waals surface area contributed by atoms with Crippen molar-refractivity contribution in [2.45, 2.75) is 18.9 Å². The lowest BCUT2D eigenvalue weighted by Gasteiger charge is -2.19. The van der Waals surface area contributed by atoms with E-state index in [1.54, 1.807) is 17.0 Å². The van der Waals surface area contributed by atoms with Gasteiger partial charge < -0.3 is 14.2 Å². The van der Waals surface area contributed by atoms with E-state index in [0.717, 1.165) is 30.7 Å². The second-order valence-electron chi connectivity index (χ2n) is 7.25. The SMILES string of the molecule is COc1cc(/C=C2\SC(=Nc3ccccc3)N(C[C@@H]3CCCO3)C2=O)ccc1OCC#N. The minimum atomic E-state index is -0.0936.